The van der Waals surface area contributed by atoms with Crippen LogP contribution >= 0.6 is 0 Å². The zero-order valence-corrected chi connectivity index (χ0v) is 7.97. The Bertz CT molecular complexity index is 164. The Kier molecular flexibility index (Phi) is 2.10. The topological polar surface area (TPSA) is 24.5 Å². The molecule has 2 aliphatic rings. The molecule has 2 atom stereocenters. The van der Waals surface area contributed by atoms with E-state index >= 15 is 0 Å². The van der Waals surface area contributed by atoms with E-state index in [-0.39, 0.29) is 5.66 Å². The van der Waals surface area contributed by atoms with Gasteiger partial charge in [0.1, 0.15) is 0 Å². The monoisotopic (exact) mass is 170 g/mol. The fourth-order valence-corrected chi connectivity index (χ4v) is 2.76. The van der Waals surface area contributed by atoms with Crippen LogP contribution in [0.4, 0.5) is 0 Å². The third-order valence-electron chi connectivity index (χ3n) is 3.53. The van der Waals surface area contributed by atoms with E-state index in [4.69, 9.17) is 4.84 Å². The largest absolute Gasteiger partial charge is 0.303 e. The SMILES string of the molecule is CONC12CCCC(CC1)N2C. The van der Waals surface area contributed by atoms with Crippen molar-refractivity contribution in [3.8, 4) is 0 Å². The molecule has 2 heterocycles. The molecular formula is C9H18N2O. The third kappa shape index (κ3) is 1.08. The van der Waals surface area contributed by atoms with Crippen LogP contribution in [0.3, 0.4) is 0 Å². The molecule has 0 spiro atoms. The standard InChI is InChI=1S/C9H18N2O/c1-11-8-4-3-6-9(11,7-5-8)10-12-2/h8,10H,3-7H2,1-2H3. The lowest BCUT2D eigenvalue weighted by Gasteiger charge is -2.42. The van der Waals surface area contributed by atoms with Crippen LogP contribution in [0.5, 0.6) is 0 Å². The smallest absolute Gasteiger partial charge is 0.0947 e. The minimum Gasteiger partial charge on any atom is -0.303 e. The molecule has 1 N–H and O–H groups in total. The highest BCUT2D eigenvalue weighted by molar-refractivity contribution is 4.99. The number of hydroxylamine groups is 1. The molecule has 3 nitrogen and oxygen atoms in total. The first kappa shape index (κ1) is 8.48. The number of piperidine rings is 1. The second-order valence-corrected chi connectivity index (χ2v) is 4.03. The lowest BCUT2D eigenvalue weighted by Crippen LogP contribution is -2.57. The summed E-state index contributed by atoms with van der Waals surface area (Å²) < 4.78 is 0. The molecule has 0 aliphatic carbocycles. The summed E-state index contributed by atoms with van der Waals surface area (Å²) in [5, 5.41) is 0. The molecule has 2 fully saturated rings. The van der Waals surface area contributed by atoms with Gasteiger partial charge in [0.05, 0.1) is 12.8 Å². The highest BCUT2D eigenvalue weighted by Crippen LogP contribution is 2.40. The maximum Gasteiger partial charge on any atom is 0.0947 e. The minimum absolute atomic E-state index is 0.164. The van der Waals surface area contributed by atoms with Gasteiger partial charge >= 0.3 is 0 Å². The predicted molar refractivity (Wildman–Crippen MR) is 47.5 cm³/mol. The van der Waals surface area contributed by atoms with Crippen molar-refractivity contribution in [2.24, 2.45) is 0 Å². The van der Waals surface area contributed by atoms with Crippen LogP contribution in [0, 0.1) is 0 Å². The molecule has 2 bridgehead atoms. The minimum atomic E-state index is 0.164. The van der Waals surface area contributed by atoms with Gasteiger partial charge in [0, 0.05) is 6.04 Å². The zero-order chi connectivity index (χ0) is 8.60. The maximum absolute atomic E-state index is 5.08. The Labute approximate surface area is 74.0 Å². The summed E-state index contributed by atoms with van der Waals surface area (Å²) in [5.41, 5.74) is 3.33. The summed E-state index contributed by atoms with van der Waals surface area (Å²) >= 11 is 0. The van der Waals surface area contributed by atoms with Gasteiger partial charge in [-0.15, -0.1) is 0 Å². The van der Waals surface area contributed by atoms with E-state index in [0.717, 1.165) is 6.04 Å². The molecule has 2 saturated heterocycles. The molecule has 2 unspecified atom stereocenters. The molecule has 0 aromatic heterocycles. The van der Waals surface area contributed by atoms with Crippen molar-refractivity contribution in [3.63, 3.8) is 0 Å². The molecule has 0 radical (unpaired) electrons. The number of nitrogens with zero attached hydrogens (tertiary/aromatic N) is 1. The summed E-state index contributed by atoms with van der Waals surface area (Å²) in [6.45, 7) is 0. The number of nitrogens with one attached hydrogen (secondary N) is 1. The van der Waals surface area contributed by atoms with Crippen LogP contribution in [0.2, 0.25) is 0 Å². The number of fused-ring (bicyclic) bond motifs is 2. The third-order valence-corrected chi connectivity index (χ3v) is 3.53. The highest BCUT2D eigenvalue weighted by Gasteiger charge is 2.46. The molecule has 70 valence electrons. The van der Waals surface area contributed by atoms with E-state index < -0.39 is 0 Å². The van der Waals surface area contributed by atoms with E-state index in [0.29, 0.717) is 0 Å². The number of rotatable bonds is 2. The summed E-state index contributed by atoms with van der Waals surface area (Å²) in [6.07, 6.45) is 6.50. The van der Waals surface area contributed by atoms with Crippen molar-refractivity contribution in [1.82, 2.24) is 10.4 Å². The average molecular weight is 170 g/mol. The highest BCUT2D eigenvalue weighted by atomic mass is 16.6. The first-order valence-electron chi connectivity index (χ1n) is 4.81. The second-order valence-electron chi connectivity index (χ2n) is 4.03. The van der Waals surface area contributed by atoms with Gasteiger partial charge in [-0.2, -0.15) is 5.48 Å². The first-order chi connectivity index (χ1) is 5.78. The van der Waals surface area contributed by atoms with Gasteiger partial charge < -0.3 is 4.84 Å². The van der Waals surface area contributed by atoms with E-state index in [2.05, 4.69) is 17.4 Å². The van der Waals surface area contributed by atoms with Crippen molar-refractivity contribution in [3.05, 3.63) is 0 Å². The van der Waals surface area contributed by atoms with Crippen molar-refractivity contribution in [2.45, 2.75) is 43.8 Å². The van der Waals surface area contributed by atoms with Gasteiger partial charge in [0.25, 0.3) is 0 Å². The molecule has 3 heteroatoms. The molecule has 2 rings (SSSR count). The molecule has 0 aromatic carbocycles. The van der Waals surface area contributed by atoms with Gasteiger partial charge in [-0.25, -0.2) is 0 Å². The maximum atomic E-state index is 5.08. The van der Waals surface area contributed by atoms with E-state index in [1.165, 1.54) is 32.1 Å². The Hall–Kier alpha value is -0.120. The molecule has 0 saturated carbocycles. The Morgan fingerprint density at radius 1 is 1.42 bits per heavy atom. The first-order valence-corrected chi connectivity index (χ1v) is 4.81. The fraction of sp³-hybridized carbons (Fsp3) is 1.00. The van der Waals surface area contributed by atoms with Gasteiger partial charge in [-0.1, -0.05) is 0 Å². The average Bonchev–Trinajstić information content (AvgIpc) is 2.30. The molecule has 0 aromatic rings. The van der Waals surface area contributed by atoms with E-state index in [1.54, 1.807) is 7.11 Å². The fourth-order valence-electron chi connectivity index (χ4n) is 2.76. The van der Waals surface area contributed by atoms with E-state index in [9.17, 15) is 0 Å². The van der Waals surface area contributed by atoms with Crippen LogP contribution in [-0.2, 0) is 4.84 Å². The van der Waals surface area contributed by atoms with Crippen molar-refractivity contribution in [2.75, 3.05) is 14.2 Å². The quantitative estimate of drug-likeness (QED) is 0.628. The summed E-state index contributed by atoms with van der Waals surface area (Å²) in [6, 6.07) is 0.793. The van der Waals surface area contributed by atoms with Gasteiger partial charge in [-0.05, 0) is 39.2 Å². The van der Waals surface area contributed by atoms with Crippen LogP contribution < -0.4 is 5.48 Å². The number of hydrogen-bond acceptors (Lipinski definition) is 3. The van der Waals surface area contributed by atoms with Gasteiger partial charge in [0.15, 0.2) is 0 Å². The van der Waals surface area contributed by atoms with Crippen molar-refractivity contribution < 1.29 is 4.84 Å². The zero-order valence-electron chi connectivity index (χ0n) is 7.97. The molecule has 0 amide bonds. The second kappa shape index (κ2) is 2.98. The van der Waals surface area contributed by atoms with Crippen LogP contribution in [0.25, 0.3) is 0 Å². The number of hydrogen-bond donors (Lipinski definition) is 1. The van der Waals surface area contributed by atoms with Crippen LogP contribution in [0.15, 0.2) is 0 Å². The molecule has 2 aliphatic heterocycles. The van der Waals surface area contributed by atoms with Crippen molar-refractivity contribution >= 4 is 0 Å². The lowest BCUT2D eigenvalue weighted by atomic mass is 9.98. The molecular weight excluding hydrogens is 152 g/mol. The van der Waals surface area contributed by atoms with E-state index in [1.807, 2.05) is 0 Å². The van der Waals surface area contributed by atoms with Crippen molar-refractivity contribution in [1.29, 1.82) is 0 Å². The Morgan fingerprint density at radius 3 is 3.00 bits per heavy atom. The predicted octanol–water partition coefficient (Wildman–Crippen LogP) is 1.11. The van der Waals surface area contributed by atoms with Crippen LogP contribution in [-0.4, -0.2) is 30.8 Å². The summed E-state index contributed by atoms with van der Waals surface area (Å²) in [7, 11) is 3.92. The Morgan fingerprint density at radius 2 is 2.25 bits per heavy atom. The summed E-state index contributed by atoms with van der Waals surface area (Å²) in [5.74, 6) is 0. The lowest BCUT2D eigenvalue weighted by molar-refractivity contribution is -0.0734. The van der Waals surface area contributed by atoms with Crippen LogP contribution in [0.1, 0.15) is 32.1 Å². The summed E-state index contributed by atoms with van der Waals surface area (Å²) in [4.78, 5) is 7.54. The Balaban J connectivity index is 2.12. The van der Waals surface area contributed by atoms with Gasteiger partial charge in [-0.3, -0.25) is 4.90 Å². The van der Waals surface area contributed by atoms with Gasteiger partial charge in [0.2, 0.25) is 0 Å². The normalized spacial score (nSPS) is 42.0. The molecule has 12 heavy (non-hydrogen) atoms.